The molecule has 0 spiro atoms. The van der Waals surface area contributed by atoms with Crippen LogP contribution in [0.15, 0.2) is 11.4 Å². The van der Waals surface area contributed by atoms with Gasteiger partial charge in [-0.15, -0.1) is 35.5 Å². The molecule has 1 aromatic rings. The lowest BCUT2D eigenvalue weighted by Gasteiger charge is -2.31. The van der Waals surface area contributed by atoms with Gasteiger partial charge in [-0.1, -0.05) is 12.8 Å². The van der Waals surface area contributed by atoms with E-state index in [1.54, 1.807) is 23.1 Å². The number of fused-ring (bicyclic) bond motifs is 1. The number of thiophene rings is 1. The lowest BCUT2D eigenvalue weighted by Crippen LogP contribution is -2.52. The molecule has 0 bridgehead atoms. The van der Waals surface area contributed by atoms with Crippen molar-refractivity contribution in [2.24, 2.45) is 5.73 Å². The Hall–Kier alpha value is -0.230. The summed E-state index contributed by atoms with van der Waals surface area (Å²) in [6.07, 6.45) is 5.52. The van der Waals surface area contributed by atoms with Crippen LogP contribution in [-0.2, 0) is 11.2 Å². The van der Waals surface area contributed by atoms with E-state index < -0.39 is 0 Å². The fourth-order valence-electron chi connectivity index (χ4n) is 3.12. The standard InChI is InChI=1S/C14H20N2OS2.ClH/c15-9-14(5-1-2-6-14)16-13(17)12-10-3-7-18-11(10)4-8-19-12;/h3,7,12H,1-2,4-6,8-9,15H2,(H,16,17);1H. The van der Waals surface area contributed by atoms with Crippen molar-refractivity contribution >= 4 is 41.4 Å². The Morgan fingerprint density at radius 2 is 2.20 bits per heavy atom. The SMILES string of the molecule is Cl.NCC1(NC(=O)C2SCCc3sccc32)CCCC1. The highest BCUT2D eigenvalue weighted by Crippen LogP contribution is 2.40. The van der Waals surface area contributed by atoms with E-state index in [9.17, 15) is 4.79 Å². The molecule has 112 valence electrons. The van der Waals surface area contributed by atoms with Gasteiger partial charge in [-0.2, -0.15) is 0 Å². The van der Waals surface area contributed by atoms with Crippen LogP contribution in [0.3, 0.4) is 0 Å². The lowest BCUT2D eigenvalue weighted by molar-refractivity contribution is -0.122. The number of carbonyl (C=O) groups is 1. The highest BCUT2D eigenvalue weighted by Gasteiger charge is 2.37. The number of hydrogen-bond acceptors (Lipinski definition) is 4. The number of carbonyl (C=O) groups excluding carboxylic acids is 1. The molecule has 0 aromatic carbocycles. The third-order valence-electron chi connectivity index (χ3n) is 4.25. The summed E-state index contributed by atoms with van der Waals surface area (Å²) in [4.78, 5) is 14.0. The van der Waals surface area contributed by atoms with Crippen molar-refractivity contribution in [2.75, 3.05) is 12.3 Å². The fraction of sp³-hybridized carbons (Fsp3) is 0.643. The Morgan fingerprint density at radius 3 is 2.90 bits per heavy atom. The van der Waals surface area contributed by atoms with Crippen molar-refractivity contribution in [3.63, 3.8) is 0 Å². The molecule has 2 aliphatic rings. The number of rotatable bonds is 3. The smallest absolute Gasteiger partial charge is 0.238 e. The van der Waals surface area contributed by atoms with Crippen LogP contribution < -0.4 is 11.1 Å². The Balaban J connectivity index is 0.00000147. The molecule has 1 aliphatic carbocycles. The van der Waals surface area contributed by atoms with Gasteiger partial charge in [0.05, 0.1) is 5.54 Å². The summed E-state index contributed by atoms with van der Waals surface area (Å²) >= 11 is 3.54. The van der Waals surface area contributed by atoms with Gasteiger partial charge in [-0.05, 0) is 42.0 Å². The lowest BCUT2D eigenvalue weighted by atomic mass is 9.97. The average Bonchev–Trinajstić information content (AvgIpc) is 3.06. The first-order valence-electron chi connectivity index (χ1n) is 6.94. The van der Waals surface area contributed by atoms with Crippen molar-refractivity contribution in [1.82, 2.24) is 5.32 Å². The molecule has 6 heteroatoms. The summed E-state index contributed by atoms with van der Waals surface area (Å²) in [5.74, 6) is 1.21. The van der Waals surface area contributed by atoms with Gasteiger partial charge in [-0.25, -0.2) is 0 Å². The Bertz CT molecular complexity index is 471. The van der Waals surface area contributed by atoms with E-state index in [1.807, 2.05) is 0 Å². The van der Waals surface area contributed by atoms with Crippen LogP contribution in [0.5, 0.6) is 0 Å². The number of thioether (sulfide) groups is 1. The summed E-state index contributed by atoms with van der Waals surface area (Å²) < 4.78 is 0. The van der Waals surface area contributed by atoms with E-state index in [-0.39, 0.29) is 29.1 Å². The van der Waals surface area contributed by atoms with Gasteiger partial charge in [0.15, 0.2) is 0 Å². The van der Waals surface area contributed by atoms with E-state index in [0.717, 1.165) is 25.0 Å². The van der Waals surface area contributed by atoms with E-state index >= 15 is 0 Å². The highest BCUT2D eigenvalue weighted by atomic mass is 35.5. The van der Waals surface area contributed by atoms with Gasteiger partial charge < -0.3 is 11.1 Å². The molecule has 1 fully saturated rings. The Labute approximate surface area is 134 Å². The number of hydrogen-bond donors (Lipinski definition) is 2. The molecule has 2 heterocycles. The molecule has 1 atom stereocenters. The molecule has 0 radical (unpaired) electrons. The zero-order valence-corrected chi connectivity index (χ0v) is 13.8. The second-order valence-electron chi connectivity index (χ2n) is 5.48. The zero-order chi connectivity index (χ0) is 13.3. The molecule has 3 nitrogen and oxygen atoms in total. The normalized spacial score (nSPS) is 23.8. The van der Waals surface area contributed by atoms with Crippen LogP contribution in [0, 0.1) is 0 Å². The average molecular weight is 333 g/mol. The minimum Gasteiger partial charge on any atom is -0.348 e. The van der Waals surface area contributed by atoms with Crippen LogP contribution in [-0.4, -0.2) is 23.7 Å². The van der Waals surface area contributed by atoms with E-state index in [0.29, 0.717) is 6.54 Å². The summed E-state index contributed by atoms with van der Waals surface area (Å²) in [5.41, 5.74) is 6.99. The maximum atomic E-state index is 12.6. The van der Waals surface area contributed by atoms with Crippen LogP contribution in [0.4, 0.5) is 0 Å². The van der Waals surface area contributed by atoms with Gasteiger partial charge in [0, 0.05) is 11.4 Å². The minimum absolute atomic E-state index is 0. The quantitative estimate of drug-likeness (QED) is 0.894. The summed E-state index contributed by atoms with van der Waals surface area (Å²) in [5, 5.41) is 5.34. The number of nitrogens with two attached hydrogens (primary N) is 1. The van der Waals surface area contributed by atoms with Crippen molar-refractivity contribution in [2.45, 2.75) is 42.9 Å². The largest absolute Gasteiger partial charge is 0.348 e. The first-order chi connectivity index (χ1) is 9.24. The number of amides is 1. The van der Waals surface area contributed by atoms with Crippen molar-refractivity contribution < 1.29 is 4.79 Å². The van der Waals surface area contributed by atoms with Gasteiger partial charge in [0.1, 0.15) is 5.25 Å². The Kier molecular flexibility index (Phi) is 5.40. The maximum absolute atomic E-state index is 12.6. The first kappa shape index (κ1) is 16.1. The second kappa shape index (κ2) is 6.69. The third kappa shape index (κ3) is 3.01. The summed E-state index contributed by atoms with van der Waals surface area (Å²) in [6.45, 7) is 0.562. The zero-order valence-electron chi connectivity index (χ0n) is 11.4. The predicted octanol–water partition coefficient (Wildman–Crippen LogP) is 2.89. The van der Waals surface area contributed by atoms with Gasteiger partial charge >= 0.3 is 0 Å². The number of aryl methyl sites for hydroxylation is 1. The Morgan fingerprint density at radius 1 is 1.45 bits per heavy atom. The molecule has 3 N–H and O–H groups in total. The van der Waals surface area contributed by atoms with Crippen LogP contribution >= 0.6 is 35.5 Å². The monoisotopic (exact) mass is 332 g/mol. The fourth-order valence-corrected chi connectivity index (χ4v) is 5.42. The van der Waals surface area contributed by atoms with Gasteiger partial charge in [-0.3, -0.25) is 4.79 Å². The first-order valence-corrected chi connectivity index (χ1v) is 8.87. The molecule has 1 aromatic heterocycles. The maximum Gasteiger partial charge on any atom is 0.238 e. The van der Waals surface area contributed by atoms with E-state index in [1.165, 1.54) is 23.3 Å². The molecule has 20 heavy (non-hydrogen) atoms. The van der Waals surface area contributed by atoms with Gasteiger partial charge in [0.25, 0.3) is 0 Å². The number of halogens is 1. The van der Waals surface area contributed by atoms with Crippen LogP contribution in [0.1, 0.15) is 41.4 Å². The number of nitrogens with one attached hydrogen (secondary N) is 1. The predicted molar refractivity (Wildman–Crippen MR) is 88.9 cm³/mol. The molecule has 3 rings (SSSR count). The van der Waals surface area contributed by atoms with Crippen LogP contribution in [0.2, 0.25) is 0 Å². The molecule has 0 saturated heterocycles. The highest BCUT2D eigenvalue weighted by molar-refractivity contribution is 8.00. The molecule has 1 unspecified atom stereocenters. The van der Waals surface area contributed by atoms with Crippen molar-refractivity contribution in [3.05, 3.63) is 21.9 Å². The molecular formula is C14H21ClN2OS2. The molecule has 1 aliphatic heterocycles. The molecule has 1 amide bonds. The summed E-state index contributed by atoms with van der Waals surface area (Å²) in [7, 11) is 0. The van der Waals surface area contributed by atoms with Crippen LogP contribution in [0.25, 0.3) is 0 Å². The molecular weight excluding hydrogens is 312 g/mol. The third-order valence-corrected chi connectivity index (χ3v) is 6.49. The van der Waals surface area contributed by atoms with E-state index in [2.05, 4.69) is 16.8 Å². The van der Waals surface area contributed by atoms with Crippen molar-refractivity contribution in [1.29, 1.82) is 0 Å². The second-order valence-corrected chi connectivity index (χ2v) is 7.69. The van der Waals surface area contributed by atoms with E-state index in [4.69, 9.17) is 5.73 Å². The van der Waals surface area contributed by atoms with Gasteiger partial charge in [0.2, 0.25) is 5.91 Å². The summed E-state index contributed by atoms with van der Waals surface area (Å²) in [6, 6.07) is 2.11. The molecule has 1 saturated carbocycles. The topological polar surface area (TPSA) is 55.1 Å². The minimum atomic E-state index is -0.134. The van der Waals surface area contributed by atoms with Crippen molar-refractivity contribution in [3.8, 4) is 0 Å².